The van der Waals surface area contributed by atoms with Gasteiger partial charge < -0.3 is 16.3 Å². The van der Waals surface area contributed by atoms with Crippen LogP contribution in [0.3, 0.4) is 0 Å². The first-order valence-electron chi connectivity index (χ1n) is 6.97. The minimum atomic E-state index is -0.267. The molecule has 0 bridgehead atoms. The van der Waals surface area contributed by atoms with Crippen molar-refractivity contribution in [3.05, 3.63) is 17.0 Å². The second kappa shape index (κ2) is 6.74. The number of hydrogen-bond donors (Lipinski definition) is 3. The monoisotopic (exact) mass is 281 g/mol. The van der Waals surface area contributed by atoms with Crippen LogP contribution < -0.4 is 11.1 Å². The number of nitrogens with zero attached hydrogens (tertiary/aromatic N) is 3. The van der Waals surface area contributed by atoms with Gasteiger partial charge in [-0.05, 0) is 33.2 Å². The first-order chi connectivity index (χ1) is 9.29. The molecule has 0 spiro atoms. The van der Waals surface area contributed by atoms with Gasteiger partial charge in [0.1, 0.15) is 5.84 Å². The lowest BCUT2D eigenvalue weighted by molar-refractivity contribution is 0.304. The molecule has 0 radical (unpaired) electrons. The molecule has 6 nitrogen and oxygen atoms in total. The molecule has 0 aromatic carbocycles. The summed E-state index contributed by atoms with van der Waals surface area (Å²) in [6.07, 6.45) is 1.85. The smallest absolute Gasteiger partial charge is 0.144 e. The summed E-state index contributed by atoms with van der Waals surface area (Å²) in [5, 5.41) is 19.6. The van der Waals surface area contributed by atoms with Crippen LogP contribution in [0.4, 0.5) is 0 Å². The fourth-order valence-corrected chi connectivity index (χ4v) is 2.21. The normalized spacial score (nSPS) is 12.9. The van der Waals surface area contributed by atoms with Gasteiger partial charge in [0.15, 0.2) is 0 Å². The zero-order valence-electron chi connectivity index (χ0n) is 13.2. The van der Waals surface area contributed by atoms with Crippen LogP contribution in [0.5, 0.6) is 0 Å². The van der Waals surface area contributed by atoms with Crippen molar-refractivity contribution in [2.75, 3.05) is 6.54 Å². The minimum Gasteiger partial charge on any atom is -0.409 e. The van der Waals surface area contributed by atoms with Crippen LogP contribution in [0.15, 0.2) is 5.16 Å². The van der Waals surface area contributed by atoms with Crippen molar-refractivity contribution in [1.29, 1.82) is 0 Å². The summed E-state index contributed by atoms with van der Waals surface area (Å²) in [5.74, 6) is 0.288. The Balaban J connectivity index is 2.36. The number of amidine groups is 1. The SMILES string of the molecule is Cc1nn(C)c(C)c1CNCCCC(C)(C)C(N)=NO. The van der Waals surface area contributed by atoms with Crippen molar-refractivity contribution in [3.8, 4) is 0 Å². The Kier molecular flexibility index (Phi) is 5.56. The molecule has 0 saturated carbocycles. The van der Waals surface area contributed by atoms with Crippen molar-refractivity contribution in [2.45, 2.75) is 47.1 Å². The van der Waals surface area contributed by atoms with Gasteiger partial charge in [-0.15, -0.1) is 0 Å². The van der Waals surface area contributed by atoms with E-state index in [0.29, 0.717) is 0 Å². The first kappa shape index (κ1) is 16.5. The first-order valence-corrected chi connectivity index (χ1v) is 6.97. The number of nitrogens with one attached hydrogen (secondary N) is 1. The van der Waals surface area contributed by atoms with Crippen LogP contribution in [0, 0.1) is 19.3 Å². The van der Waals surface area contributed by atoms with Gasteiger partial charge in [-0.25, -0.2) is 0 Å². The Morgan fingerprint density at radius 3 is 2.60 bits per heavy atom. The highest BCUT2D eigenvalue weighted by Gasteiger charge is 2.22. The summed E-state index contributed by atoms with van der Waals surface area (Å²) in [7, 11) is 1.96. The molecule has 0 unspecified atom stereocenters. The molecule has 1 aromatic heterocycles. The third-order valence-electron chi connectivity index (χ3n) is 3.92. The zero-order valence-corrected chi connectivity index (χ0v) is 13.2. The van der Waals surface area contributed by atoms with Gasteiger partial charge in [0, 0.05) is 30.3 Å². The average Bonchev–Trinajstić information content (AvgIpc) is 2.63. The number of oxime groups is 1. The summed E-state index contributed by atoms with van der Waals surface area (Å²) in [4.78, 5) is 0. The van der Waals surface area contributed by atoms with Crippen LogP contribution in [0.25, 0.3) is 0 Å². The van der Waals surface area contributed by atoms with Gasteiger partial charge >= 0.3 is 0 Å². The molecule has 1 heterocycles. The molecule has 1 rings (SSSR count). The van der Waals surface area contributed by atoms with Gasteiger partial charge in [-0.1, -0.05) is 19.0 Å². The summed E-state index contributed by atoms with van der Waals surface area (Å²) in [6, 6.07) is 0. The second-order valence-corrected chi connectivity index (χ2v) is 5.92. The third kappa shape index (κ3) is 3.96. The highest BCUT2D eigenvalue weighted by atomic mass is 16.4. The van der Waals surface area contributed by atoms with Crippen molar-refractivity contribution in [3.63, 3.8) is 0 Å². The van der Waals surface area contributed by atoms with Gasteiger partial charge in [-0.2, -0.15) is 5.10 Å². The minimum absolute atomic E-state index is 0.267. The van der Waals surface area contributed by atoms with Crippen molar-refractivity contribution in [1.82, 2.24) is 15.1 Å². The van der Waals surface area contributed by atoms with Gasteiger partial charge in [0.25, 0.3) is 0 Å². The second-order valence-electron chi connectivity index (χ2n) is 5.92. The average molecular weight is 281 g/mol. The molecule has 0 aliphatic carbocycles. The van der Waals surface area contributed by atoms with Gasteiger partial charge in [0.2, 0.25) is 0 Å². The fourth-order valence-electron chi connectivity index (χ4n) is 2.21. The molecule has 0 aliphatic heterocycles. The van der Waals surface area contributed by atoms with Crippen molar-refractivity contribution >= 4 is 5.84 Å². The van der Waals surface area contributed by atoms with Crippen LogP contribution >= 0.6 is 0 Å². The maximum atomic E-state index is 8.72. The lowest BCUT2D eigenvalue weighted by Crippen LogP contribution is -2.32. The Morgan fingerprint density at radius 2 is 2.10 bits per heavy atom. The van der Waals surface area contributed by atoms with Crippen LogP contribution in [-0.4, -0.2) is 27.4 Å². The molecule has 0 aliphatic rings. The highest BCUT2D eigenvalue weighted by Crippen LogP contribution is 2.22. The third-order valence-corrected chi connectivity index (χ3v) is 3.92. The van der Waals surface area contributed by atoms with Gasteiger partial charge in [-0.3, -0.25) is 4.68 Å². The topological polar surface area (TPSA) is 88.5 Å². The van der Waals surface area contributed by atoms with E-state index in [9.17, 15) is 0 Å². The number of rotatable bonds is 7. The zero-order chi connectivity index (χ0) is 15.3. The molecule has 6 heteroatoms. The summed E-state index contributed by atoms with van der Waals surface area (Å²) < 4.78 is 1.91. The molecule has 0 atom stereocenters. The highest BCUT2D eigenvalue weighted by molar-refractivity contribution is 5.85. The Morgan fingerprint density at radius 1 is 1.45 bits per heavy atom. The molecular formula is C14H27N5O. The van der Waals surface area contributed by atoms with E-state index in [2.05, 4.69) is 22.5 Å². The molecular weight excluding hydrogens is 254 g/mol. The fraction of sp³-hybridized carbons (Fsp3) is 0.714. The predicted molar refractivity (Wildman–Crippen MR) is 80.8 cm³/mol. The van der Waals surface area contributed by atoms with Crippen molar-refractivity contribution in [2.24, 2.45) is 23.4 Å². The van der Waals surface area contributed by atoms with Crippen LogP contribution in [0.2, 0.25) is 0 Å². The molecule has 0 amide bonds. The Labute approximate surface area is 121 Å². The lowest BCUT2D eigenvalue weighted by atomic mass is 9.86. The van der Waals surface area contributed by atoms with Gasteiger partial charge in [0.05, 0.1) is 5.69 Å². The molecule has 114 valence electrons. The molecule has 1 aromatic rings. The van der Waals surface area contributed by atoms with E-state index < -0.39 is 0 Å². The van der Waals surface area contributed by atoms with E-state index in [-0.39, 0.29) is 11.3 Å². The lowest BCUT2D eigenvalue weighted by Gasteiger charge is -2.22. The Hall–Kier alpha value is -1.56. The largest absolute Gasteiger partial charge is 0.409 e. The molecule has 0 saturated heterocycles. The van der Waals surface area contributed by atoms with E-state index in [1.54, 1.807) is 0 Å². The quantitative estimate of drug-likeness (QED) is 0.233. The molecule has 4 N–H and O–H groups in total. The number of nitrogens with two attached hydrogens (primary N) is 1. The molecule has 20 heavy (non-hydrogen) atoms. The number of aromatic nitrogens is 2. The van der Waals surface area contributed by atoms with E-state index in [1.807, 2.05) is 32.5 Å². The maximum absolute atomic E-state index is 8.72. The van der Waals surface area contributed by atoms with E-state index in [0.717, 1.165) is 31.6 Å². The summed E-state index contributed by atoms with van der Waals surface area (Å²) in [5.41, 5.74) is 8.95. The van der Waals surface area contributed by atoms with Crippen LogP contribution in [-0.2, 0) is 13.6 Å². The van der Waals surface area contributed by atoms with E-state index in [4.69, 9.17) is 10.9 Å². The van der Waals surface area contributed by atoms with Crippen molar-refractivity contribution < 1.29 is 5.21 Å². The Bertz CT molecular complexity index is 476. The number of aryl methyl sites for hydroxylation is 2. The van der Waals surface area contributed by atoms with Crippen LogP contribution in [0.1, 0.15) is 43.6 Å². The van der Waals surface area contributed by atoms with E-state index >= 15 is 0 Å². The predicted octanol–water partition coefficient (Wildman–Crippen LogP) is 1.68. The summed E-state index contributed by atoms with van der Waals surface area (Å²) >= 11 is 0. The standard InChI is InChI=1S/C14H27N5O/c1-10-12(11(2)19(5)17-10)9-16-8-6-7-14(3,4)13(15)18-20/h16,20H,6-9H2,1-5H3,(H2,15,18). The maximum Gasteiger partial charge on any atom is 0.144 e. The summed E-state index contributed by atoms with van der Waals surface area (Å²) in [6.45, 7) is 9.81. The van der Waals surface area contributed by atoms with E-state index in [1.165, 1.54) is 11.3 Å². The molecule has 0 fully saturated rings. The number of hydrogen-bond acceptors (Lipinski definition) is 4.